The molecule has 0 aromatic carbocycles. The van der Waals surface area contributed by atoms with Gasteiger partial charge < -0.3 is 5.11 Å². The zero-order valence-corrected chi connectivity index (χ0v) is 13.0. The lowest BCUT2D eigenvalue weighted by Crippen LogP contribution is -2.46. The van der Waals surface area contributed by atoms with Crippen LogP contribution in [0.4, 0.5) is 0 Å². The average Bonchev–Trinajstić information content (AvgIpc) is 2.82. The Labute approximate surface area is 123 Å². The first-order valence-electron chi connectivity index (χ1n) is 8.67. The summed E-state index contributed by atoms with van der Waals surface area (Å²) in [4.78, 5) is 0. The fraction of sp³-hybridized carbons (Fsp3) is 0.789. The Morgan fingerprint density at radius 2 is 1.95 bits per heavy atom. The molecule has 110 valence electrons. The van der Waals surface area contributed by atoms with Crippen LogP contribution >= 0.6 is 0 Å². The van der Waals surface area contributed by atoms with Crippen molar-refractivity contribution in [3.63, 3.8) is 0 Å². The highest BCUT2D eigenvalue weighted by atomic mass is 16.3. The van der Waals surface area contributed by atoms with Gasteiger partial charge in [-0.05, 0) is 81.5 Å². The van der Waals surface area contributed by atoms with Gasteiger partial charge in [-0.3, -0.25) is 0 Å². The second-order valence-corrected chi connectivity index (χ2v) is 8.01. The molecule has 0 amide bonds. The maximum atomic E-state index is 9.96. The van der Waals surface area contributed by atoms with Crippen LogP contribution in [-0.2, 0) is 0 Å². The molecule has 1 nitrogen and oxygen atoms in total. The molecule has 0 bridgehead atoms. The Morgan fingerprint density at radius 3 is 2.80 bits per heavy atom. The van der Waals surface area contributed by atoms with Gasteiger partial charge in [0.25, 0.3) is 0 Å². The Hall–Kier alpha value is -0.560. The zero-order chi connectivity index (χ0) is 13.9. The third-order valence-electron chi connectivity index (χ3n) is 7.24. The van der Waals surface area contributed by atoms with Crippen molar-refractivity contribution >= 4 is 0 Å². The van der Waals surface area contributed by atoms with E-state index in [0.717, 1.165) is 24.2 Å². The van der Waals surface area contributed by atoms with Gasteiger partial charge in [-0.1, -0.05) is 29.7 Å². The standard InChI is InChI=1S/C19H28O/c1-12-3-5-16-15(12)7-8-18-17(16)6-4-13-11-14(20)9-10-19(13,18)2/h11,14,16-18,20H,3-10H2,1-2H3/t14-,16?,17?,18?,19-/m0/s1. The second kappa shape index (κ2) is 4.47. The zero-order valence-electron chi connectivity index (χ0n) is 13.0. The van der Waals surface area contributed by atoms with Gasteiger partial charge >= 0.3 is 0 Å². The Bertz CT molecular complexity index is 486. The normalized spacial score (nSPS) is 47.5. The predicted octanol–water partition coefficient (Wildman–Crippen LogP) is 4.62. The number of aliphatic hydroxyl groups excluding tert-OH is 1. The van der Waals surface area contributed by atoms with Crippen molar-refractivity contribution in [2.24, 2.45) is 23.2 Å². The van der Waals surface area contributed by atoms with Gasteiger partial charge in [0.2, 0.25) is 0 Å². The van der Waals surface area contributed by atoms with Gasteiger partial charge in [-0.25, -0.2) is 0 Å². The summed E-state index contributed by atoms with van der Waals surface area (Å²) >= 11 is 0. The molecule has 0 saturated heterocycles. The third-order valence-corrected chi connectivity index (χ3v) is 7.24. The molecular formula is C19H28O. The van der Waals surface area contributed by atoms with E-state index in [9.17, 15) is 5.11 Å². The van der Waals surface area contributed by atoms with E-state index in [-0.39, 0.29) is 6.10 Å². The third kappa shape index (κ3) is 1.71. The minimum absolute atomic E-state index is 0.164. The van der Waals surface area contributed by atoms with E-state index in [2.05, 4.69) is 19.9 Å². The van der Waals surface area contributed by atoms with Crippen molar-refractivity contribution < 1.29 is 5.11 Å². The smallest absolute Gasteiger partial charge is 0.0724 e. The molecule has 4 aliphatic rings. The number of rotatable bonds is 0. The second-order valence-electron chi connectivity index (χ2n) is 8.01. The Morgan fingerprint density at radius 1 is 1.10 bits per heavy atom. The predicted molar refractivity (Wildman–Crippen MR) is 82.3 cm³/mol. The van der Waals surface area contributed by atoms with E-state index < -0.39 is 0 Å². The first-order chi connectivity index (χ1) is 9.59. The number of hydrogen-bond acceptors (Lipinski definition) is 1. The topological polar surface area (TPSA) is 20.2 Å². The lowest BCUT2D eigenvalue weighted by Gasteiger charge is -2.54. The van der Waals surface area contributed by atoms with E-state index in [0.29, 0.717) is 5.41 Å². The quantitative estimate of drug-likeness (QED) is 0.638. The summed E-state index contributed by atoms with van der Waals surface area (Å²) in [6, 6.07) is 0. The van der Waals surface area contributed by atoms with Crippen molar-refractivity contribution in [3.05, 3.63) is 22.8 Å². The van der Waals surface area contributed by atoms with Gasteiger partial charge in [0.05, 0.1) is 6.10 Å². The first-order valence-corrected chi connectivity index (χ1v) is 8.67. The van der Waals surface area contributed by atoms with E-state index in [1.165, 1.54) is 44.9 Å². The van der Waals surface area contributed by atoms with Crippen LogP contribution in [0.15, 0.2) is 22.8 Å². The van der Waals surface area contributed by atoms with Crippen molar-refractivity contribution in [2.45, 2.75) is 71.3 Å². The summed E-state index contributed by atoms with van der Waals surface area (Å²) in [7, 11) is 0. The number of hydrogen-bond donors (Lipinski definition) is 1. The van der Waals surface area contributed by atoms with Crippen LogP contribution in [0.2, 0.25) is 0 Å². The van der Waals surface area contributed by atoms with Gasteiger partial charge in [0.1, 0.15) is 0 Å². The molecule has 0 radical (unpaired) electrons. The summed E-state index contributed by atoms with van der Waals surface area (Å²) in [6.07, 6.45) is 12.4. The van der Waals surface area contributed by atoms with Crippen LogP contribution in [0.1, 0.15) is 65.2 Å². The van der Waals surface area contributed by atoms with Crippen molar-refractivity contribution in [1.29, 1.82) is 0 Å². The minimum atomic E-state index is -0.164. The van der Waals surface area contributed by atoms with Crippen LogP contribution in [0, 0.1) is 23.2 Å². The fourth-order valence-corrected chi connectivity index (χ4v) is 6.12. The van der Waals surface area contributed by atoms with Crippen molar-refractivity contribution in [1.82, 2.24) is 0 Å². The molecule has 3 unspecified atom stereocenters. The first kappa shape index (κ1) is 13.1. The molecule has 2 fully saturated rings. The molecule has 4 aliphatic carbocycles. The highest BCUT2D eigenvalue weighted by Gasteiger charge is 2.51. The van der Waals surface area contributed by atoms with Crippen molar-refractivity contribution in [2.75, 3.05) is 0 Å². The maximum absolute atomic E-state index is 9.96. The highest BCUT2D eigenvalue weighted by molar-refractivity contribution is 5.30. The molecule has 20 heavy (non-hydrogen) atoms. The molecule has 0 aromatic rings. The van der Waals surface area contributed by atoms with Crippen LogP contribution in [0.3, 0.4) is 0 Å². The van der Waals surface area contributed by atoms with Crippen LogP contribution in [0.5, 0.6) is 0 Å². The van der Waals surface area contributed by atoms with Crippen LogP contribution in [-0.4, -0.2) is 11.2 Å². The van der Waals surface area contributed by atoms with E-state index >= 15 is 0 Å². The van der Waals surface area contributed by atoms with E-state index in [1.54, 1.807) is 11.1 Å². The molecule has 5 atom stereocenters. The number of fused-ring (bicyclic) bond motifs is 5. The summed E-state index contributed by atoms with van der Waals surface area (Å²) in [6.45, 7) is 4.89. The molecule has 0 spiro atoms. The largest absolute Gasteiger partial charge is 0.389 e. The Kier molecular flexibility index (Phi) is 2.93. The number of aliphatic hydroxyl groups is 1. The molecule has 1 N–H and O–H groups in total. The average molecular weight is 272 g/mol. The monoisotopic (exact) mass is 272 g/mol. The van der Waals surface area contributed by atoms with Crippen LogP contribution in [0.25, 0.3) is 0 Å². The summed E-state index contributed by atoms with van der Waals surface area (Å²) in [5.41, 5.74) is 5.57. The highest BCUT2D eigenvalue weighted by Crippen LogP contribution is 2.61. The van der Waals surface area contributed by atoms with Crippen molar-refractivity contribution in [3.8, 4) is 0 Å². The van der Waals surface area contributed by atoms with Gasteiger partial charge in [0, 0.05) is 0 Å². The fourth-order valence-electron chi connectivity index (χ4n) is 6.12. The maximum Gasteiger partial charge on any atom is 0.0724 e. The molecule has 0 aromatic heterocycles. The molecule has 0 aliphatic heterocycles. The van der Waals surface area contributed by atoms with Gasteiger partial charge in [0.15, 0.2) is 0 Å². The summed E-state index contributed by atoms with van der Waals surface area (Å²) < 4.78 is 0. The molecule has 2 saturated carbocycles. The van der Waals surface area contributed by atoms with Crippen LogP contribution < -0.4 is 0 Å². The van der Waals surface area contributed by atoms with Gasteiger partial charge in [-0.15, -0.1) is 0 Å². The summed E-state index contributed by atoms with van der Waals surface area (Å²) in [5, 5.41) is 9.96. The van der Waals surface area contributed by atoms with E-state index in [4.69, 9.17) is 0 Å². The lowest BCUT2D eigenvalue weighted by molar-refractivity contribution is 0.0285. The number of allylic oxidation sites excluding steroid dienone is 3. The Balaban J connectivity index is 1.68. The molecular weight excluding hydrogens is 244 g/mol. The minimum Gasteiger partial charge on any atom is -0.389 e. The molecule has 1 heteroatoms. The lowest BCUT2D eigenvalue weighted by atomic mass is 9.50. The van der Waals surface area contributed by atoms with Gasteiger partial charge in [-0.2, -0.15) is 0 Å². The SMILES string of the molecule is CC1=C2CCC3C(CCC4=C[C@@H](O)CC[C@@]43C)C2CC1. The molecule has 0 heterocycles. The van der Waals surface area contributed by atoms with E-state index in [1.807, 2.05) is 5.57 Å². The summed E-state index contributed by atoms with van der Waals surface area (Å²) in [5.74, 6) is 2.74. The molecule has 4 rings (SSSR count).